The number of amides is 3. The van der Waals surface area contributed by atoms with Crippen LogP contribution in [0.15, 0.2) is 103 Å². The molecule has 0 bridgehead atoms. The van der Waals surface area contributed by atoms with E-state index in [1.54, 1.807) is 6.07 Å². The number of nitrogens with one attached hydrogen (secondary N) is 3. The van der Waals surface area contributed by atoms with E-state index >= 15 is 0 Å². The Balaban J connectivity index is 1.29. The fourth-order valence-electron chi connectivity index (χ4n) is 5.69. The Bertz CT molecular complexity index is 1460. The molecule has 0 spiro atoms. The van der Waals surface area contributed by atoms with E-state index in [1.807, 2.05) is 54.6 Å². The molecule has 1 fully saturated rings. The van der Waals surface area contributed by atoms with Crippen LogP contribution in [0.4, 0.5) is 21.9 Å². The molecule has 0 atom stereocenters. The minimum atomic E-state index is -0.333. The summed E-state index contributed by atoms with van der Waals surface area (Å²) in [6.45, 7) is 4.38. The number of benzene rings is 4. The normalized spacial score (nSPS) is 13.4. The Labute approximate surface area is 249 Å². The summed E-state index contributed by atoms with van der Waals surface area (Å²) in [6, 6.07) is 33.9. The van der Waals surface area contributed by atoms with Crippen molar-refractivity contribution in [1.29, 1.82) is 0 Å². The van der Waals surface area contributed by atoms with Crippen molar-refractivity contribution >= 4 is 29.0 Å². The minimum absolute atomic E-state index is 0.132. The molecule has 1 heterocycles. The van der Waals surface area contributed by atoms with Gasteiger partial charge in [-0.15, -0.1) is 0 Å². The molecule has 4 aromatic rings. The van der Waals surface area contributed by atoms with Crippen LogP contribution >= 0.6 is 0 Å². The Kier molecular flexibility index (Phi) is 9.89. The first kappa shape index (κ1) is 28.9. The zero-order chi connectivity index (χ0) is 29.1. The molecule has 6 heteroatoms. The second-order valence-electron chi connectivity index (χ2n) is 10.9. The zero-order valence-corrected chi connectivity index (χ0v) is 24.3. The number of anilines is 3. The molecule has 1 saturated heterocycles. The highest BCUT2D eigenvalue weighted by Crippen LogP contribution is 2.30. The summed E-state index contributed by atoms with van der Waals surface area (Å²) in [6.07, 6.45) is 4.80. The molecule has 3 amide bonds. The number of para-hydroxylation sites is 1. The van der Waals surface area contributed by atoms with Gasteiger partial charge in [0.2, 0.25) is 0 Å². The summed E-state index contributed by atoms with van der Waals surface area (Å²) in [4.78, 5) is 28.8. The predicted octanol–water partition coefficient (Wildman–Crippen LogP) is 7.32. The Morgan fingerprint density at radius 1 is 0.786 bits per heavy atom. The topological polar surface area (TPSA) is 73.5 Å². The maximum absolute atomic E-state index is 13.6. The molecule has 1 aliphatic rings. The molecule has 4 aromatic carbocycles. The molecule has 0 aliphatic carbocycles. The zero-order valence-electron chi connectivity index (χ0n) is 24.3. The van der Waals surface area contributed by atoms with Crippen molar-refractivity contribution in [1.82, 2.24) is 5.32 Å². The first-order chi connectivity index (χ1) is 20.6. The lowest BCUT2D eigenvalue weighted by Crippen LogP contribution is -2.36. The van der Waals surface area contributed by atoms with Gasteiger partial charge in [-0.25, -0.2) is 4.79 Å². The SMILES string of the molecule is CCc1ccccc1NC(=O)Nc1ccc(N2CCC(Cc3ccccc3)CC2)c(C(=O)NCCc2ccccc2)c1. The average molecular weight is 561 g/mol. The lowest BCUT2D eigenvalue weighted by Gasteiger charge is -2.35. The van der Waals surface area contributed by atoms with Crippen molar-refractivity contribution in [2.24, 2.45) is 5.92 Å². The first-order valence-corrected chi connectivity index (χ1v) is 15.0. The highest BCUT2D eigenvalue weighted by Gasteiger charge is 2.24. The fraction of sp³-hybridized carbons (Fsp3) is 0.278. The quantitative estimate of drug-likeness (QED) is 0.190. The molecule has 3 N–H and O–H groups in total. The van der Waals surface area contributed by atoms with Crippen LogP contribution in [0, 0.1) is 5.92 Å². The van der Waals surface area contributed by atoms with Gasteiger partial charge in [-0.2, -0.15) is 0 Å². The highest BCUT2D eigenvalue weighted by molar-refractivity contribution is 6.04. The fourth-order valence-corrected chi connectivity index (χ4v) is 5.69. The molecule has 0 aromatic heterocycles. The molecule has 5 rings (SSSR count). The Morgan fingerprint density at radius 2 is 1.45 bits per heavy atom. The molecule has 0 radical (unpaired) electrons. The van der Waals surface area contributed by atoms with Crippen molar-refractivity contribution in [2.75, 3.05) is 35.2 Å². The number of hydrogen-bond acceptors (Lipinski definition) is 3. The standard InChI is InChI=1S/C36H40N4O2/c1-2-30-15-9-10-16-33(30)39-36(42)38-31-17-18-34(32(26-31)35(41)37-22-19-27-11-5-3-6-12-27)40-23-20-29(21-24-40)25-28-13-7-4-8-14-28/h3-18,26,29H,2,19-25H2,1H3,(H,37,41)(H2,38,39,42). The minimum Gasteiger partial charge on any atom is -0.371 e. The molecule has 0 saturated carbocycles. The molecular formula is C36H40N4O2. The number of aryl methyl sites for hydroxylation is 1. The third kappa shape index (κ3) is 7.78. The van der Waals surface area contributed by atoms with Crippen molar-refractivity contribution < 1.29 is 9.59 Å². The van der Waals surface area contributed by atoms with Gasteiger partial charge in [0.15, 0.2) is 0 Å². The van der Waals surface area contributed by atoms with E-state index in [9.17, 15) is 9.59 Å². The van der Waals surface area contributed by atoms with Crippen LogP contribution in [-0.2, 0) is 19.3 Å². The van der Waals surface area contributed by atoms with Crippen LogP contribution in [0.3, 0.4) is 0 Å². The van der Waals surface area contributed by atoms with Gasteiger partial charge in [-0.1, -0.05) is 85.8 Å². The van der Waals surface area contributed by atoms with Crippen LogP contribution in [0.5, 0.6) is 0 Å². The molecular weight excluding hydrogens is 520 g/mol. The highest BCUT2D eigenvalue weighted by atomic mass is 16.2. The summed E-state index contributed by atoms with van der Waals surface area (Å²) in [7, 11) is 0. The first-order valence-electron chi connectivity index (χ1n) is 15.0. The number of nitrogens with zero attached hydrogens (tertiary/aromatic N) is 1. The van der Waals surface area contributed by atoms with Crippen LogP contribution in [-0.4, -0.2) is 31.6 Å². The summed E-state index contributed by atoms with van der Waals surface area (Å²) < 4.78 is 0. The van der Waals surface area contributed by atoms with E-state index in [2.05, 4.69) is 70.2 Å². The maximum Gasteiger partial charge on any atom is 0.323 e. The monoisotopic (exact) mass is 560 g/mol. The van der Waals surface area contributed by atoms with Gasteiger partial charge in [0.1, 0.15) is 0 Å². The van der Waals surface area contributed by atoms with Gasteiger partial charge in [-0.3, -0.25) is 4.79 Å². The van der Waals surface area contributed by atoms with Gasteiger partial charge in [0.25, 0.3) is 5.91 Å². The second-order valence-corrected chi connectivity index (χ2v) is 10.9. The van der Waals surface area contributed by atoms with E-state index in [-0.39, 0.29) is 11.9 Å². The lowest BCUT2D eigenvalue weighted by atomic mass is 9.89. The lowest BCUT2D eigenvalue weighted by molar-refractivity contribution is 0.0954. The summed E-state index contributed by atoms with van der Waals surface area (Å²) in [5.41, 5.74) is 6.48. The van der Waals surface area contributed by atoms with Crippen LogP contribution in [0.25, 0.3) is 0 Å². The van der Waals surface area contributed by atoms with Crippen molar-refractivity contribution in [2.45, 2.75) is 39.0 Å². The molecule has 216 valence electrons. The van der Waals surface area contributed by atoms with Gasteiger partial charge in [0, 0.05) is 36.7 Å². The summed E-state index contributed by atoms with van der Waals surface area (Å²) in [5, 5.41) is 9.00. The number of carbonyl (C=O) groups excluding carboxylic acids is 2. The second kappa shape index (κ2) is 14.4. The van der Waals surface area contributed by atoms with Crippen molar-refractivity contribution in [3.63, 3.8) is 0 Å². The predicted molar refractivity (Wildman–Crippen MR) is 172 cm³/mol. The number of rotatable bonds is 10. The number of hydrogen-bond donors (Lipinski definition) is 3. The largest absolute Gasteiger partial charge is 0.371 e. The Hall–Kier alpha value is -4.58. The van der Waals surface area contributed by atoms with Gasteiger partial charge >= 0.3 is 6.03 Å². The van der Waals surface area contributed by atoms with Gasteiger partial charge in [-0.05, 0) is 79.0 Å². The Morgan fingerprint density at radius 3 is 2.17 bits per heavy atom. The van der Waals surface area contributed by atoms with Crippen LogP contribution < -0.4 is 20.9 Å². The van der Waals surface area contributed by atoms with Crippen molar-refractivity contribution in [3.8, 4) is 0 Å². The van der Waals surface area contributed by atoms with E-state index in [4.69, 9.17) is 0 Å². The van der Waals surface area contributed by atoms with Gasteiger partial charge < -0.3 is 20.9 Å². The van der Waals surface area contributed by atoms with Crippen LogP contribution in [0.1, 0.15) is 46.8 Å². The number of carbonyl (C=O) groups is 2. The van der Waals surface area contributed by atoms with E-state index in [1.165, 1.54) is 11.1 Å². The van der Waals surface area contributed by atoms with E-state index in [0.717, 1.165) is 62.1 Å². The average Bonchev–Trinajstić information content (AvgIpc) is 3.03. The third-order valence-electron chi connectivity index (χ3n) is 8.01. The molecule has 42 heavy (non-hydrogen) atoms. The van der Waals surface area contributed by atoms with E-state index < -0.39 is 0 Å². The molecule has 1 aliphatic heterocycles. The third-order valence-corrected chi connectivity index (χ3v) is 8.01. The number of urea groups is 1. The summed E-state index contributed by atoms with van der Waals surface area (Å²) >= 11 is 0. The number of piperidine rings is 1. The smallest absolute Gasteiger partial charge is 0.323 e. The maximum atomic E-state index is 13.6. The molecule has 0 unspecified atom stereocenters. The van der Waals surface area contributed by atoms with Crippen molar-refractivity contribution in [3.05, 3.63) is 125 Å². The summed E-state index contributed by atoms with van der Waals surface area (Å²) in [5.74, 6) is 0.496. The van der Waals surface area contributed by atoms with Crippen LogP contribution in [0.2, 0.25) is 0 Å². The van der Waals surface area contributed by atoms with Gasteiger partial charge in [0.05, 0.1) is 5.56 Å². The molecule has 6 nitrogen and oxygen atoms in total. The van der Waals surface area contributed by atoms with E-state index in [0.29, 0.717) is 23.7 Å².